The summed E-state index contributed by atoms with van der Waals surface area (Å²) in [4.78, 5) is 12.1. The molecule has 0 saturated carbocycles. The van der Waals surface area contributed by atoms with Gasteiger partial charge < -0.3 is 14.6 Å². The Bertz CT molecular complexity index is 1740. The Morgan fingerprint density at radius 2 is 1.88 bits per heavy atom. The normalized spacial score (nSPS) is 18.5. The van der Waals surface area contributed by atoms with Gasteiger partial charge in [0.25, 0.3) is 0 Å². The summed E-state index contributed by atoms with van der Waals surface area (Å²) in [6, 6.07) is 14.4. The van der Waals surface area contributed by atoms with Gasteiger partial charge in [-0.2, -0.15) is 4.31 Å². The third-order valence-electron chi connectivity index (χ3n) is 7.90. The van der Waals surface area contributed by atoms with E-state index in [1.807, 2.05) is 55.6 Å². The number of aliphatic carboxylic acids is 1. The first-order valence-corrected chi connectivity index (χ1v) is 14.5. The molecule has 2 aromatic carbocycles. The van der Waals surface area contributed by atoms with Gasteiger partial charge >= 0.3 is 5.97 Å². The van der Waals surface area contributed by atoms with Gasteiger partial charge in [-0.05, 0) is 66.8 Å². The number of nitrogens with zero attached hydrogens (tertiary/aromatic N) is 4. The Hall–Kier alpha value is -3.80. The van der Waals surface area contributed by atoms with Gasteiger partial charge in [0.05, 0.1) is 26.2 Å². The summed E-state index contributed by atoms with van der Waals surface area (Å²) in [5.74, 6) is -0.319. The minimum atomic E-state index is -3.87. The SMILES string of the molecule is Cc1ccc([C@H](CC(=O)O)c2ccn3c(C)nnc3c2C)cc1CN1CC2(COC2)Oc2ccccc2S1(=O)=O. The van der Waals surface area contributed by atoms with Crippen LogP contribution in [0.3, 0.4) is 0 Å². The van der Waals surface area contributed by atoms with Crippen LogP contribution in [0.4, 0.5) is 0 Å². The van der Waals surface area contributed by atoms with Gasteiger partial charge in [0, 0.05) is 18.7 Å². The number of hydrogen-bond donors (Lipinski definition) is 1. The average molecular weight is 563 g/mol. The highest BCUT2D eigenvalue weighted by molar-refractivity contribution is 7.89. The number of rotatable bonds is 6. The molecule has 11 heteroatoms. The zero-order valence-corrected chi connectivity index (χ0v) is 23.3. The summed E-state index contributed by atoms with van der Waals surface area (Å²) < 4.78 is 42.7. The molecule has 0 aliphatic carbocycles. The molecule has 1 saturated heterocycles. The zero-order valence-electron chi connectivity index (χ0n) is 22.5. The lowest BCUT2D eigenvalue weighted by Crippen LogP contribution is -2.60. The van der Waals surface area contributed by atoms with Gasteiger partial charge in [-0.15, -0.1) is 10.2 Å². The Labute approximate surface area is 232 Å². The third-order valence-corrected chi connectivity index (χ3v) is 9.73. The molecule has 10 nitrogen and oxygen atoms in total. The van der Waals surface area contributed by atoms with Gasteiger partial charge in [-0.1, -0.05) is 30.3 Å². The van der Waals surface area contributed by atoms with E-state index >= 15 is 0 Å². The molecule has 0 bridgehead atoms. The van der Waals surface area contributed by atoms with Gasteiger partial charge in [0.15, 0.2) is 11.2 Å². The fourth-order valence-electron chi connectivity index (χ4n) is 5.62. The van der Waals surface area contributed by atoms with E-state index in [4.69, 9.17) is 9.47 Å². The molecule has 4 heterocycles. The molecule has 1 atom stereocenters. The molecule has 1 N–H and O–H groups in total. The second-order valence-corrected chi connectivity index (χ2v) is 12.6. The quantitative estimate of drug-likeness (QED) is 0.378. The number of ether oxygens (including phenoxy) is 2. The van der Waals surface area contributed by atoms with Crippen LogP contribution in [0.2, 0.25) is 0 Å². The van der Waals surface area contributed by atoms with Crippen molar-refractivity contribution in [3.05, 3.63) is 88.4 Å². The molecule has 1 spiro atoms. The lowest BCUT2D eigenvalue weighted by molar-refractivity contribution is -0.165. The molecule has 6 rings (SSSR count). The van der Waals surface area contributed by atoms with Crippen molar-refractivity contribution in [2.75, 3.05) is 19.8 Å². The lowest BCUT2D eigenvalue weighted by Gasteiger charge is -2.41. The van der Waals surface area contributed by atoms with E-state index in [1.54, 1.807) is 24.3 Å². The first-order chi connectivity index (χ1) is 19.1. The standard InChI is InChI=1S/C29H30N4O6S/c1-18-8-9-21(24(13-27(34)35)23-10-11-33-20(3)30-31-28(33)19(23)2)12-22(18)14-32-15-29(16-38-17-29)39-25-6-4-5-7-26(25)40(32,36)37/h4-12,24H,13-17H2,1-3H3,(H,34,35)/t24-/m0/s1. The maximum Gasteiger partial charge on any atom is 0.304 e. The second-order valence-electron chi connectivity index (χ2n) is 10.7. The van der Waals surface area contributed by atoms with Crippen LogP contribution in [-0.4, -0.2) is 63.8 Å². The number of carboxylic acid groups (broad SMARTS) is 1. The predicted octanol–water partition coefficient (Wildman–Crippen LogP) is 3.61. The Morgan fingerprint density at radius 3 is 2.60 bits per heavy atom. The van der Waals surface area contributed by atoms with Crippen molar-refractivity contribution >= 4 is 21.6 Å². The summed E-state index contributed by atoms with van der Waals surface area (Å²) in [7, 11) is -3.87. The third kappa shape index (κ3) is 4.43. The van der Waals surface area contributed by atoms with E-state index in [1.165, 1.54) is 4.31 Å². The zero-order chi connectivity index (χ0) is 28.2. The minimum Gasteiger partial charge on any atom is -0.481 e. The number of aryl methyl sites for hydroxylation is 3. The molecule has 0 radical (unpaired) electrons. The van der Waals surface area contributed by atoms with E-state index in [-0.39, 0.29) is 24.4 Å². The van der Waals surface area contributed by atoms with Crippen LogP contribution in [0.15, 0.2) is 59.6 Å². The van der Waals surface area contributed by atoms with Crippen molar-refractivity contribution in [2.24, 2.45) is 0 Å². The van der Waals surface area contributed by atoms with Crippen LogP contribution in [0.25, 0.3) is 5.65 Å². The molecular formula is C29H30N4O6S. The van der Waals surface area contributed by atoms with Crippen molar-refractivity contribution in [3.8, 4) is 5.75 Å². The van der Waals surface area contributed by atoms with E-state index in [0.717, 1.165) is 33.6 Å². The van der Waals surface area contributed by atoms with Crippen molar-refractivity contribution in [2.45, 2.75) is 50.2 Å². The molecule has 208 valence electrons. The summed E-state index contributed by atoms with van der Waals surface area (Å²) >= 11 is 0. The molecular weight excluding hydrogens is 532 g/mol. The molecule has 1 fully saturated rings. The molecule has 0 amide bonds. The number of hydrogen-bond acceptors (Lipinski definition) is 7. The van der Waals surface area contributed by atoms with Crippen molar-refractivity contribution in [1.82, 2.24) is 18.9 Å². The molecule has 2 aromatic heterocycles. The topological polar surface area (TPSA) is 123 Å². The Kier molecular flexibility index (Phi) is 6.40. The first kappa shape index (κ1) is 26.4. The van der Waals surface area contributed by atoms with E-state index in [9.17, 15) is 18.3 Å². The van der Waals surface area contributed by atoms with Crippen molar-refractivity contribution in [3.63, 3.8) is 0 Å². The summed E-state index contributed by atoms with van der Waals surface area (Å²) in [6.07, 6.45) is 1.73. The van der Waals surface area contributed by atoms with Crippen molar-refractivity contribution in [1.29, 1.82) is 0 Å². The van der Waals surface area contributed by atoms with Crippen LogP contribution in [0.5, 0.6) is 5.75 Å². The van der Waals surface area contributed by atoms with Gasteiger partial charge in [0.2, 0.25) is 10.0 Å². The maximum absolute atomic E-state index is 13.8. The van der Waals surface area contributed by atoms with Crippen molar-refractivity contribution < 1.29 is 27.8 Å². The summed E-state index contributed by atoms with van der Waals surface area (Å²) in [5, 5.41) is 18.3. The number of para-hydroxylation sites is 1. The highest BCUT2D eigenvalue weighted by atomic mass is 32.2. The smallest absolute Gasteiger partial charge is 0.304 e. The summed E-state index contributed by atoms with van der Waals surface area (Å²) in [6.45, 7) is 6.58. The van der Waals surface area contributed by atoms with Gasteiger partial charge in [-0.3, -0.25) is 9.20 Å². The Balaban J connectivity index is 1.41. The lowest BCUT2D eigenvalue weighted by atomic mass is 9.85. The minimum absolute atomic E-state index is 0.114. The Morgan fingerprint density at radius 1 is 1.10 bits per heavy atom. The van der Waals surface area contributed by atoms with Crippen LogP contribution in [0, 0.1) is 20.8 Å². The number of benzene rings is 2. The number of carboxylic acids is 1. The van der Waals surface area contributed by atoms with Crippen LogP contribution < -0.4 is 4.74 Å². The molecule has 0 unspecified atom stereocenters. The number of carbonyl (C=O) groups is 1. The highest BCUT2D eigenvalue weighted by Crippen LogP contribution is 2.39. The van der Waals surface area contributed by atoms with Crippen LogP contribution in [-0.2, 0) is 26.1 Å². The monoisotopic (exact) mass is 562 g/mol. The number of aromatic nitrogens is 3. The second kappa shape index (κ2) is 9.69. The number of pyridine rings is 1. The maximum atomic E-state index is 13.8. The molecule has 2 aliphatic rings. The first-order valence-electron chi connectivity index (χ1n) is 13.1. The summed E-state index contributed by atoms with van der Waals surface area (Å²) in [5.41, 5.74) is 4.12. The predicted molar refractivity (Wildman–Crippen MR) is 146 cm³/mol. The fourth-order valence-corrected chi connectivity index (χ4v) is 7.23. The molecule has 40 heavy (non-hydrogen) atoms. The van der Waals surface area contributed by atoms with E-state index in [2.05, 4.69) is 10.2 Å². The largest absolute Gasteiger partial charge is 0.481 e. The fraction of sp³-hybridized carbons (Fsp3) is 0.345. The van der Waals surface area contributed by atoms with Crippen LogP contribution in [0.1, 0.15) is 46.0 Å². The molecule has 2 aliphatic heterocycles. The van der Waals surface area contributed by atoms with Gasteiger partial charge in [-0.25, -0.2) is 8.42 Å². The van der Waals surface area contributed by atoms with E-state index in [0.29, 0.717) is 24.6 Å². The average Bonchev–Trinajstić information content (AvgIpc) is 3.24. The van der Waals surface area contributed by atoms with Gasteiger partial charge in [0.1, 0.15) is 16.5 Å². The highest BCUT2D eigenvalue weighted by Gasteiger charge is 2.49. The number of sulfonamides is 1. The number of fused-ring (bicyclic) bond motifs is 2. The van der Waals surface area contributed by atoms with Crippen LogP contribution >= 0.6 is 0 Å². The van der Waals surface area contributed by atoms with E-state index < -0.39 is 27.5 Å². The molecule has 4 aromatic rings.